The second-order valence-electron chi connectivity index (χ2n) is 15.5. The number of unbranched alkanes of at least 4 members (excludes halogenated alkanes) is 8. The predicted molar refractivity (Wildman–Crippen MR) is 237 cm³/mol. The van der Waals surface area contributed by atoms with Crippen molar-refractivity contribution in [2.75, 3.05) is 26.4 Å². The summed E-state index contributed by atoms with van der Waals surface area (Å²) in [5.74, 6) is 0.171. The fourth-order valence-corrected chi connectivity index (χ4v) is 8.38. The van der Waals surface area contributed by atoms with Crippen LogP contribution >= 0.6 is 0 Å². The third kappa shape index (κ3) is 9.88. The van der Waals surface area contributed by atoms with Crippen molar-refractivity contribution < 1.29 is 28.5 Å². The van der Waals surface area contributed by atoms with Crippen LogP contribution < -0.4 is 9.47 Å². The summed E-state index contributed by atoms with van der Waals surface area (Å²) in [7, 11) is 0. The predicted octanol–water partition coefficient (Wildman–Crippen LogP) is 13.6. The summed E-state index contributed by atoms with van der Waals surface area (Å²) in [5, 5.41) is 0. The molecular formula is C52H66O6. The summed E-state index contributed by atoms with van der Waals surface area (Å²) in [4.78, 5) is 27.8. The first-order chi connectivity index (χ1) is 28.3. The molecule has 0 heterocycles. The monoisotopic (exact) mass is 786 g/mol. The van der Waals surface area contributed by atoms with Crippen molar-refractivity contribution in [1.29, 1.82) is 0 Å². The van der Waals surface area contributed by atoms with Gasteiger partial charge in [-0.25, -0.2) is 9.59 Å². The van der Waals surface area contributed by atoms with Crippen LogP contribution in [0.15, 0.2) is 78.9 Å². The summed E-state index contributed by atoms with van der Waals surface area (Å²) in [6, 6.07) is 25.5. The number of carbonyl (C=O) groups excluding carboxylic acids is 2. The quantitative estimate of drug-likeness (QED) is 0.0485. The molecule has 1 aliphatic carbocycles. The number of rotatable bonds is 23. The molecule has 0 N–H and O–H groups in total. The van der Waals surface area contributed by atoms with Gasteiger partial charge in [-0.15, -0.1) is 0 Å². The Kier molecular flexibility index (Phi) is 16.6. The molecule has 0 radical (unpaired) electrons. The van der Waals surface area contributed by atoms with Gasteiger partial charge in [0.1, 0.15) is 22.6 Å². The molecule has 6 nitrogen and oxygen atoms in total. The van der Waals surface area contributed by atoms with Gasteiger partial charge in [0.25, 0.3) is 0 Å². The van der Waals surface area contributed by atoms with Gasteiger partial charge in [0.05, 0.1) is 31.8 Å². The molecule has 0 fully saturated rings. The lowest BCUT2D eigenvalue weighted by Crippen LogP contribution is -2.30. The minimum Gasteiger partial charge on any atom is -0.493 e. The van der Waals surface area contributed by atoms with Crippen molar-refractivity contribution in [2.24, 2.45) is 0 Å². The van der Waals surface area contributed by atoms with Crippen LogP contribution in [0.3, 0.4) is 0 Å². The molecular weight excluding hydrogens is 721 g/mol. The molecule has 4 aromatic carbocycles. The van der Waals surface area contributed by atoms with Crippen molar-refractivity contribution in [1.82, 2.24) is 0 Å². The maximum Gasteiger partial charge on any atom is 0.341 e. The number of hydrogen-bond donors (Lipinski definition) is 0. The summed E-state index contributed by atoms with van der Waals surface area (Å²) >= 11 is 0. The van der Waals surface area contributed by atoms with Gasteiger partial charge in [0, 0.05) is 0 Å². The van der Waals surface area contributed by atoms with Crippen molar-refractivity contribution >= 4 is 17.5 Å². The topological polar surface area (TPSA) is 71.1 Å². The summed E-state index contributed by atoms with van der Waals surface area (Å²) in [5.41, 5.74) is 9.59. The first kappa shape index (κ1) is 44.3. The van der Waals surface area contributed by atoms with E-state index in [1.54, 1.807) is 0 Å². The van der Waals surface area contributed by atoms with Crippen molar-refractivity contribution in [3.63, 3.8) is 0 Å². The van der Waals surface area contributed by atoms with Gasteiger partial charge >= 0.3 is 11.9 Å². The zero-order valence-electron chi connectivity index (χ0n) is 36.3. The highest BCUT2D eigenvalue weighted by Gasteiger charge is 2.47. The van der Waals surface area contributed by atoms with E-state index in [4.69, 9.17) is 18.9 Å². The van der Waals surface area contributed by atoms with E-state index in [0.29, 0.717) is 35.8 Å². The Morgan fingerprint density at radius 3 is 1.57 bits per heavy atom. The third-order valence-electron chi connectivity index (χ3n) is 11.4. The van der Waals surface area contributed by atoms with Gasteiger partial charge < -0.3 is 18.9 Å². The van der Waals surface area contributed by atoms with Gasteiger partial charge in [-0.3, -0.25) is 0 Å². The Morgan fingerprint density at radius 1 is 0.569 bits per heavy atom. The van der Waals surface area contributed by atoms with Gasteiger partial charge in [-0.05, 0) is 128 Å². The van der Waals surface area contributed by atoms with Crippen LogP contribution in [0.2, 0.25) is 0 Å². The number of benzene rings is 4. The Labute approximate surface area is 348 Å². The Morgan fingerprint density at radius 2 is 1.07 bits per heavy atom. The molecule has 58 heavy (non-hydrogen) atoms. The number of allylic oxidation sites excluding steroid dienone is 2. The molecule has 4 aromatic rings. The van der Waals surface area contributed by atoms with E-state index in [9.17, 15) is 9.59 Å². The third-order valence-corrected chi connectivity index (χ3v) is 11.4. The van der Waals surface area contributed by atoms with E-state index in [0.717, 1.165) is 110 Å². The molecule has 6 heteroatoms. The first-order valence-corrected chi connectivity index (χ1v) is 22.1. The lowest BCUT2D eigenvalue weighted by atomic mass is 9.66. The average Bonchev–Trinajstić information content (AvgIpc) is 3.51. The number of esters is 2. The summed E-state index contributed by atoms with van der Waals surface area (Å²) in [6.07, 6.45) is 15.1. The van der Waals surface area contributed by atoms with Crippen LogP contribution in [0.5, 0.6) is 11.5 Å². The molecule has 5 rings (SSSR count). The molecule has 0 amide bonds. The van der Waals surface area contributed by atoms with E-state index < -0.39 is 17.4 Å². The van der Waals surface area contributed by atoms with Crippen LogP contribution in [0, 0.1) is 6.92 Å². The molecule has 310 valence electrons. The lowest BCUT2D eigenvalue weighted by molar-refractivity contribution is 0.0511. The SMILES string of the molecule is CC=C(CCCCC)c1ccc2c(c1)C(c1ccc(OCCCCCC)c(C(=O)OCC)c1)(c1ccc(OCCCCCC)c(C(=O)OCC)c1)c1cc(C)ccc1-2. The van der Waals surface area contributed by atoms with Crippen LogP contribution in [-0.4, -0.2) is 38.4 Å². The zero-order chi connectivity index (χ0) is 41.5. The van der Waals surface area contributed by atoms with E-state index >= 15 is 0 Å². The second-order valence-corrected chi connectivity index (χ2v) is 15.5. The largest absolute Gasteiger partial charge is 0.493 e. The Hall–Kier alpha value is -4.84. The highest BCUT2D eigenvalue weighted by Crippen LogP contribution is 2.57. The number of fused-ring (bicyclic) bond motifs is 3. The van der Waals surface area contributed by atoms with Crippen molar-refractivity contribution in [3.8, 4) is 22.6 Å². The number of carbonyl (C=O) groups is 2. The zero-order valence-corrected chi connectivity index (χ0v) is 36.3. The summed E-state index contributed by atoms with van der Waals surface area (Å²) < 4.78 is 24.1. The molecule has 0 aliphatic heterocycles. The molecule has 0 bridgehead atoms. The highest BCUT2D eigenvalue weighted by atomic mass is 16.5. The number of ether oxygens (including phenoxy) is 4. The highest BCUT2D eigenvalue weighted by molar-refractivity contribution is 5.96. The normalized spacial score (nSPS) is 12.8. The molecule has 0 spiro atoms. The minimum atomic E-state index is -0.934. The van der Waals surface area contributed by atoms with E-state index in [-0.39, 0.29) is 13.2 Å². The molecule has 0 atom stereocenters. The standard InChI is InChI=1S/C52H66O6/c1-8-14-17-20-31-57-48-29-25-40(35-44(48)50(53)55-12-5)52(41-26-30-49(58-32-21-18-15-9-2)45(36-41)51(54)56-13-6)46-33-37(7)23-27-42(46)43-28-24-39(34-47(43)52)38(11-4)22-19-16-10-3/h11,23-30,33-36H,8-10,12-22,31-32H2,1-7H3. The van der Waals surface area contributed by atoms with Gasteiger partial charge in [0.2, 0.25) is 0 Å². The fraction of sp³-hybridized carbons (Fsp3) is 0.462. The summed E-state index contributed by atoms with van der Waals surface area (Å²) in [6.45, 7) is 16.0. The van der Waals surface area contributed by atoms with Crippen LogP contribution in [-0.2, 0) is 14.9 Å². The van der Waals surface area contributed by atoms with E-state index in [1.807, 2.05) is 38.1 Å². The van der Waals surface area contributed by atoms with Gasteiger partial charge in [-0.1, -0.05) is 126 Å². The maximum atomic E-state index is 13.9. The molecule has 1 aliphatic rings. The van der Waals surface area contributed by atoms with Gasteiger partial charge in [0.15, 0.2) is 0 Å². The van der Waals surface area contributed by atoms with E-state index in [1.165, 1.54) is 17.6 Å². The molecule has 0 saturated heterocycles. The lowest BCUT2D eigenvalue weighted by Gasteiger charge is -2.35. The van der Waals surface area contributed by atoms with Crippen molar-refractivity contribution in [2.45, 2.75) is 131 Å². The Balaban J connectivity index is 1.82. The van der Waals surface area contributed by atoms with Gasteiger partial charge in [-0.2, -0.15) is 0 Å². The van der Waals surface area contributed by atoms with Crippen LogP contribution in [0.4, 0.5) is 0 Å². The number of aryl methyl sites for hydroxylation is 1. The van der Waals surface area contributed by atoms with Crippen LogP contribution in [0.1, 0.15) is 173 Å². The number of hydrogen-bond acceptors (Lipinski definition) is 6. The molecule has 0 unspecified atom stereocenters. The Bertz CT molecular complexity index is 1940. The first-order valence-electron chi connectivity index (χ1n) is 22.1. The second kappa shape index (κ2) is 21.8. The van der Waals surface area contributed by atoms with Crippen molar-refractivity contribution in [3.05, 3.63) is 123 Å². The van der Waals surface area contributed by atoms with E-state index in [2.05, 4.69) is 89.2 Å². The average molecular weight is 787 g/mol. The molecule has 0 saturated carbocycles. The van der Waals surface area contributed by atoms with Crippen LogP contribution in [0.25, 0.3) is 16.7 Å². The smallest absolute Gasteiger partial charge is 0.341 e. The minimum absolute atomic E-state index is 0.241. The molecule has 0 aromatic heterocycles. The maximum absolute atomic E-state index is 13.9. The fourth-order valence-electron chi connectivity index (χ4n) is 8.38.